The summed E-state index contributed by atoms with van der Waals surface area (Å²) in [4.78, 5) is 12.3. The summed E-state index contributed by atoms with van der Waals surface area (Å²) in [5, 5.41) is 11.7. The lowest BCUT2D eigenvalue weighted by atomic mass is 10.0. The van der Waals surface area contributed by atoms with Crippen molar-refractivity contribution in [2.24, 2.45) is 0 Å². The van der Waals surface area contributed by atoms with Crippen LogP contribution in [0.5, 0.6) is 11.5 Å². The van der Waals surface area contributed by atoms with E-state index in [1.165, 1.54) is 0 Å². The second-order valence-corrected chi connectivity index (χ2v) is 6.19. The highest BCUT2D eigenvalue weighted by atomic mass is 16.5. The zero-order chi connectivity index (χ0) is 19.9. The number of anilines is 1. The summed E-state index contributed by atoms with van der Waals surface area (Å²) in [7, 11) is 1.59. The van der Waals surface area contributed by atoms with Gasteiger partial charge in [0.1, 0.15) is 11.5 Å². The fraction of sp³-hybridized carbons (Fsp3) is 0.130. The van der Waals surface area contributed by atoms with Crippen LogP contribution in [0.4, 0.5) is 5.69 Å². The summed E-state index contributed by atoms with van der Waals surface area (Å²) in [5.41, 5.74) is 3.32. The predicted molar refractivity (Wildman–Crippen MR) is 108 cm³/mol. The minimum absolute atomic E-state index is 0.235. The molecule has 28 heavy (non-hydrogen) atoms. The molecule has 0 spiro atoms. The number of nitrogens with one attached hydrogen (secondary N) is 1. The molecule has 1 amide bonds. The Balaban J connectivity index is 1.60. The van der Waals surface area contributed by atoms with Gasteiger partial charge in [0.2, 0.25) is 0 Å². The summed E-state index contributed by atoms with van der Waals surface area (Å²) in [5.74, 6) is 1.10. The first-order chi connectivity index (χ1) is 13.6. The van der Waals surface area contributed by atoms with Gasteiger partial charge in [-0.25, -0.2) is 0 Å². The summed E-state index contributed by atoms with van der Waals surface area (Å²) >= 11 is 0. The van der Waals surface area contributed by atoms with Crippen molar-refractivity contribution in [3.63, 3.8) is 0 Å². The molecule has 0 bridgehead atoms. The molecule has 0 saturated carbocycles. The largest absolute Gasteiger partial charge is 0.497 e. The minimum Gasteiger partial charge on any atom is -0.497 e. The third-order valence-electron chi connectivity index (χ3n) is 4.24. The first-order valence-electron chi connectivity index (χ1n) is 8.81. The zero-order valence-electron chi connectivity index (χ0n) is 15.7. The SMILES string of the molecule is COc1ccc(NC(=O)C(C)Oc2ccc(-c3ccc(C#N)cc3)cc2)cc1. The third kappa shape index (κ3) is 4.68. The van der Waals surface area contributed by atoms with Crippen LogP contribution < -0.4 is 14.8 Å². The van der Waals surface area contributed by atoms with Gasteiger partial charge in [0.25, 0.3) is 5.91 Å². The number of carbonyl (C=O) groups excluding carboxylic acids is 1. The quantitative estimate of drug-likeness (QED) is 0.684. The lowest BCUT2D eigenvalue weighted by molar-refractivity contribution is -0.122. The fourth-order valence-corrected chi connectivity index (χ4v) is 2.64. The molecule has 0 aliphatic heterocycles. The van der Waals surface area contributed by atoms with Gasteiger partial charge in [-0.15, -0.1) is 0 Å². The Morgan fingerprint density at radius 1 is 0.893 bits per heavy atom. The molecule has 5 heteroatoms. The van der Waals surface area contributed by atoms with Gasteiger partial charge in [-0.3, -0.25) is 4.79 Å². The van der Waals surface area contributed by atoms with Crippen molar-refractivity contribution in [3.05, 3.63) is 78.4 Å². The molecule has 3 aromatic rings. The molecule has 1 unspecified atom stereocenters. The maximum atomic E-state index is 12.3. The Morgan fingerprint density at radius 2 is 1.43 bits per heavy atom. The van der Waals surface area contributed by atoms with Crippen molar-refractivity contribution in [1.29, 1.82) is 5.26 Å². The zero-order valence-corrected chi connectivity index (χ0v) is 15.7. The summed E-state index contributed by atoms with van der Waals surface area (Å²) in [6.07, 6.45) is -0.650. The van der Waals surface area contributed by atoms with Gasteiger partial charge in [0.05, 0.1) is 18.7 Å². The van der Waals surface area contributed by atoms with Crippen LogP contribution in [0.1, 0.15) is 12.5 Å². The number of hydrogen-bond acceptors (Lipinski definition) is 4. The Hall–Kier alpha value is -3.78. The number of ether oxygens (including phenoxy) is 2. The first-order valence-corrected chi connectivity index (χ1v) is 8.81. The second kappa shape index (κ2) is 8.74. The van der Waals surface area contributed by atoms with E-state index in [0.717, 1.165) is 16.9 Å². The second-order valence-electron chi connectivity index (χ2n) is 6.19. The Labute approximate surface area is 164 Å². The van der Waals surface area contributed by atoms with E-state index in [9.17, 15) is 4.79 Å². The van der Waals surface area contributed by atoms with Crippen LogP contribution in [-0.4, -0.2) is 19.1 Å². The lowest BCUT2D eigenvalue weighted by Crippen LogP contribution is -2.30. The molecule has 1 N–H and O–H groups in total. The van der Waals surface area contributed by atoms with Crippen LogP contribution in [0.25, 0.3) is 11.1 Å². The number of nitriles is 1. The number of nitrogens with zero attached hydrogens (tertiary/aromatic N) is 1. The van der Waals surface area contributed by atoms with Crippen LogP contribution in [0, 0.1) is 11.3 Å². The fourth-order valence-electron chi connectivity index (χ4n) is 2.64. The molecule has 1 atom stereocenters. The van der Waals surface area contributed by atoms with E-state index in [4.69, 9.17) is 14.7 Å². The minimum atomic E-state index is -0.650. The Morgan fingerprint density at radius 3 is 1.96 bits per heavy atom. The molecule has 0 fully saturated rings. The van der Waals surface area contributed by atoms with Crippen LogP contribution in [0.2, 0.25) is 0 Å². The summed E-state index contributed by atoms with van der Waals surface area (Å²) in [6.45, 7) is 1.70. The highest BCUT2D eigenvalue weighted by molar-refractivity contribution is 5.94. The number of rotatable bonds is 6. The van der Waals surface area contributed by atoms with Crippen molar-refractivity contribution in [1.82, 2.24) is 0 Å². The number of carbonyl (C=O) groups is 1. The lowest BCUT2D eigenvalue weighted by Gasteiger charge is -2.15. The molecule has 0 radical (unpaired) electrons. The number of amides is 1. The van der Waals surface area contributed by atoms with Crippen LogP contribution in [-0.2, 0) is 4.79 Å². The molecule has 5 nitrogen and oxygen atoms in total. The third-order valence-corrected chi connectivity index (χ3v) is 4.24. The summed E-state index contributed by atoms with van der Waals surface area (Å²) in [6, 6.07) is 24.1. The molecular formula is C23H20N2O3. The van der Waals surface area contributed by atoms with Gasteiger partial charge in [-0.1, -0.05) is 24.3 Å². The van der Waals surface area contributed by atoms with Gasteiger partial charge in [0.15, 0.2) is 6.10 Å². The van der Waals surface area contributed by atoms with Gasteiger partial charge in [-0.2, -0.15) is 5.26 Å². The van der Waals surface area contributed by atoms with E-state index >= 15 is 0 Å². The average molecular weight is 372 g/mol. The highest BCUT2D eigenvalue weighted by Crippen LogP contribution is 2.23. The van der Waals surface area contributed by atoms with Crippen LogP contribution in [0.15, 0.2) is 72.8 Å². The number of hydrogen-bond donors (Lipinski definition) is 1. The standard InChI is InChI=1S/C23H20N2O3/c1-16(23(26)25-20-9-13-21(27-2)14-10-20)28-22-11-7-19(8-12-22)18-5-3-17(15-24)4-6-18/h3-14,16H,1-2H3,(H,25,26). The van der Waals surface area contributed by atoms with Gasteiger partial charge in [0, 0.05) is 5.69 Å². The van der Waals surface area contributed by atoms with E-state index in [1.54, 1.807) is 50.4 Å². The van der Waals surface area contributed by atoms with E-state index in [-0.39, 0.29) is 5.91 Å². The molecule has 3 rings (SSSR count). The average Bonchev–Trinajstić information content (AvgIpc) is 2.75. The highest BCUT2D eigenvalue weighted by Gasteiger charge is 2.15. The molecule has 0 aliphatic carbocycles. The molecule has 140 valence electrons. The smallest absolute Gasteiger partial charge is 0.265 e. The van der Waals surface area contributed by atoms with E-state index < -0.39 is 6.10 Å². The Bertz CT molecular complexity index is 972. The van der Waals surface area contributed by atoms with Gasteiger partial charge in [-0.05, 0) is 66.6 Å². The maximum absolute atomic E-state index is 12.3. The first kappa shape index (κ1) is 19.0. The topological polar surface area (TPSA) is 71.3 Å². The number of methoxy groups -OCH3 is 1. The normalized spacial score (nSPS) is 11.2. The van der Waals surface area contributed by atoms with Crippen molar-refractivity contribution >= 4 is 11.6 Å². The van der Waals surface area contributed by atoms with E-state index in [2.05, 4.69) is 11.4 Å². The molecule has 0 aromatic heterocycles. The molecular weight excluding hydrogens is 352 g/mol. The van der Waals surface area contributed by atoms with E-state index in [1.807, 2.05) is 36.4 Å². The van der Waals surface area contributed by atoms with Crippen molar-refractivity contribution in [2.45, 2.75) is 13.0 Å². The van der Waals surface area contributed by atoms with Crippen LogP contribution in [0.3, 0.4) is 0 Å². The van der Waals surface area contributed by atoms with Crippen LogP contribution >= 0.6 is 0 Å². The molecule has 3 aromatic carbocycles. The molecule has 0 heterocycles. The monoisotopic (exact) mass is 372 g/mol. The van der Waals surface area contributed by atoms with Crippen molar-refractivity contribution in [2.75, 3.05) is 12.4 Å². The van der Waals surface area contributed by atoms with Crippen molar-refractivity contribution < 1.29 is 14.3 Å². The Kier molecular flexibility index (Phi) is 5.93. The van der Waals surface area contributed by atoms with Gasteiger partial charge >= 0.3 is 0 Å². The predicted octanol–water partition coefficient (Wildman–Crippen LogP) is 4.64. The maximum Gasteiger partial charge on any atom is 0.265 e. The molecule has 0 aliphatic rings. The number of benzene rings is 3. The van der Waals surface area contributed by atoms with Gasteiger partial charge < -0.3 is 14.8 Å². The van der Waals surface area contributed by atoms with E-state index in [0.29, 0.717) is 17.0 Å². The van der Waals surface area contributed by atoms with Crippen molar-refractivity contribution in [3.8, 4) is 28.7 Å². The summed E-state index contributed by atoms with van der Waals surface area (Å²) < 4.78 is 10.8. The molecule has 0 saturated heterocycles.